The van der Waals surface area contributed by atoms with E-state index >= 15 is 0 Å². The molecule has 0 bridgehead atoms. The predicted octanol–water partition coefficient (Wildman–Crippen LogP) is -1.34. The van der Waals surface area contributed by atoms with Crippen LogP contribution in [0.25, 0.3) is 0 Å². The number of aliphatic hydroxyl groups is 3. The number of aliphatic hydroxyl groups excluding tert-OH is 3. The van der Waals surface area contributed by atoms with Crippen molar-refractivity contribution >= 4 is 11.6 Å². The topological polar surface area (TPSA) is 69.9 Å². The number of ether oxygens (including phenoxy) is 1. The first kappa shape index (κ1) is 8.23. The molecule has 4 atom stereocenters. The largest absolute Gasteiger partial charge is 0.388 e. The minimum absolute atomic E-state index is 0.0234. The molecule has 1 unspecified atom stereocenters. The highest BCUT2D eigenvalue weighted by atomic mass is 35.5. The van der Waals surface area contributed by atoms with Crippen LogP contribution < -0.4 is 0 Å². The molecule has 0 aliphatic carbocycles. The number of halogens is 1. The monoisotopic (exact) mass is 168 g/mol. The lowest BCUT2D eigenvalue weighted by Crippen LogP contribution is -2.35. The molecule has 10 heavy (non-hydrogen) atoms. The van der Waals surface area contributed by atoms with Gasteiger partial charge in [0.1, 0.15) is 18.3 Å². The molecule has 0 radical (unpaired) electrons. The van der Waals surface area contributed by atoms with Gasteiger partial charge in [0.05, 0.1) is 6.61 Å². The second kappa shape index (κ2) is 3.02. The van der Waals surface area contributed by atoms with E-state index in [-0.39, 0.29) is 6.61 Å². The lowest BCUT2D eigenvalue weighted by molar-refractivity contribution is -0.0206. The van der Waals surface area contributed by atoms with Gasteiger partial charge in [-0.25, -0.2) is 0 Å². The van der Waals surface area contributed by atoms with Crippen LogP contribution >= 0.6 is 11.6 Å². The van der Waals surface area contributed by atoms with Gasteiger partial charge in [0.25, 0.3) is 0 Å². The van der Waals surface area contributed by atoms with E-state index in [1.54, 1.807) is 0 Å². The van der Waals surface area contributed by atoms with Crippen molar-refractivity contribution in [3.05, 3.63) is 0 Å². The Bertz CT molecular complexity index is 118. The van der Waals surface area contributed by atoms with E-state index in [0.29, 0.717) is 0 Å². The van der Waals surface area contributed by atoms with Crippen molar-refractivity contribution in [3.63, 3.8) is 0 Å². The molecule has 1 aliphatic heterocycles. The van der Waals surface area contributed by atoms with Gasteiger partial charge in [0, 0.05) is 0 Å². The molecule has 1 heterocycles. The molecule has 1 fully saturated rings. The van der Waals surface area contributed by atoms with Crippen molar-refractivity contribution in [2.45, 2.75) is 23.9 Å². The molecule has 5 heteroatoms. The fourth-order valence-electron chi connectivity index (χ4n) is 0.868. The second-order valence-corrected chi connectivity index (χ2v) is 2.68. The van der Waals surface area contributed by atoms with E-state index < -0.39 is 23.9 Å². The zero-order valence-electron chi connectivity index (χ0n) is 5.14. The van der Waals surface area contributed by atoms with Gasteiger partial charge in [0.15, 0.2) is 5.56 Å². The molecule has 0 aromatic carbocycles. The maximum Gasteiger partial charge on any atom is 0.156 e. The number of hydrogen-bond donors (Lipinski definition) is 3. The average molecular weight is 169 g/mol. The van der Waals surface area contributed by atoms with E-state index in [1.165, 1.54) is 0 Å². The summed E-state index contributed by atoms with van der Waals surface area (Å²) < 4.78 is 4.76. The lowest BCUT2D eigenvalue weighted by Gasteiger charge is -2.15. The zero-order valence-corrected chi connectivity index (χ0v) is 5.90. The standard InChI is InChI=1S/C5H9ClO4/c6-5(9)4-3(8)2(7)1-10-4/h2-5,7-9H,1H2/t2-,3-,4-,5?/m0/s1. The first-order chi connectivity index (χ1) is 4.63. The highest BCUT2D eigenvalue weighted by Gasteiger charge is 2.38. The van der Waals surface area contributed by atoms with Crippen molar-refractivity contribution in [1.29, 1.82) is 0 Å². The minimum atomic E-state index is -1.26. The summed E-state index contributed by atoms with van der Waals surface area (Å²) in [4.78, 5) is 0. The highest BCUT2D eigenvalue weighted by Crippen LogP contribution is 2.18. The van der Waals surface area contributed by atoms with Gasteiger partial charge in [-0.3, -0.25) is 0 Å². The Kier molecular flexibility index (Phi) is 2.49. The average Bonchev–Trinajstić information content (AvgIpc) is 2.14. The molecule has 1 rings (SSSR count). The summed E-state index contributed by atoms with van der Waals surface area (Å²) in [6.45, 7) is 0.0234. The van der Waals surface area contributed by atoms with Crippen LogP contribution in [-0.2, 0) is 4.74 Å². The molecule has 0 amide bonds. The van der Waals surface area contributed by atoms with E-state index in [9.17, 15) is 0 Å². The third kappa shape index (κ3) is 1.41. The summed E-state index contributed by atoms with van der Waals surface area (Å²) >= 11 is 5.20. The molecule has 4 nitrogen and oxygen atoms in total. The van der Waals surface area contributed by atoms with Crippen LogP contribution in [0.2, 0.25) is 0 Å². The third-order valence-electron chi connectivity index (χ3n) is 1.46. The summed E-state index contributed by atoms with van der Waals surface area (Å²) in [6.07, 6.45) is -2.87. The fraction of sp³-hybridized carbons (Fsp3) is 1.00. The minimum Gasteiger partial charge on any atom is -0.388 e. The smallest absolute Gasteiger partial charge is 0.156 e. The molecule has 0 aromatic rings. The Morgan fingerprint density at radius 2 is 2.10 bits per heavy atom. The summed E-state index contributed by atoms with van der Waals surface area (Å²) in [6, 6.07) is 0. The van der Waals surface area contributed by atoms with Crippen molar-refractivity contribution in [3.8, 4) is 0 Å². The van der Waals surface area contributed by atoms with E-state index in [4.69, 9.17) is 31.7 Å². The Balaban J connectivity index is 2.49. The van der Waals surface area contributed by atoms with Gasteiger partial charge in [-0.1, -0.05) is 11.6 Å². The quantitative estimate of drug-likeness (QED) is 0.424. The fourth-order valence-corrected chi connectivity index (χ4v) is 1.09. The lowest BCUT2D eigenvalue weighted by atomic mass is 10.2. The van der Waals surface area contributed by atoms with Crippen LogP contribution in [0, 0.1) is 0 Å². The number of rotatable bonds is 1. The summed E-state index contributed by atoms with van der Waals surface area (Å²) in [5.74, 6) is 0. The first-order valence-electron chi connectivity index (χ1n) is 2.93. The number of alkyl halides is 1. The van der Waals surface area contributed by atoms with E-state index in [0.717, 1.165) is 0 Å². The predicted molar refractivity (Wildman–Crippen MR) is 33.6 cm³/mol. The molecule has 1 saturated heterocycles. The van der Waals surface area contributed by atoms with Crippen molar-refractivity contribution in [2.24, 2.45) is 0 Å². The van der Waals surface area contributed by atoms with Crippen molar-refractivity contribution in [1.82, 2.24) is 0 Å². The van der Waals surface area contributed by atoms with Crippen LogP contribution in [0.15, 0.2) is 0 Å². The molecule has 60 valence electrons. The van der Waals surface area contributed by atoms with Gasteiger partial charge in [-0.2, -0.15) is 0 Å². The van der Waals surface area contributed by atoms with E-state index in [1.807, 2.05) is 0 Å². The SMILES string of the molecule is OC(Cl)[C@H]1OC[C@H](O)[C@@H]1O. The van der Waals surface area contributed by atoms with Crippen LogP contribution in [-0.4, -0.2) is 45.8 Å². The Morgan fingerprint density at radius 1 is 1.50 bits per heavy atom. The molecule has 0 saturated carbocycles. The van der Waals surface area contributed by atoms with Crippen LogP contribution in [0.1, 0.15) is 0 Å². The molecular weight excluding hydrogens is 160 g/mol. The second-order valence-electron chi connectivity index (χ2n) is 2.23. The Hall–Kier alpha value is 0.130. The Morgan fingerprint density at radius 3 is 2.30 bits per heavy atom. The van der Waals surface area contributed by atoms with E-state index in [2.05, 4.69) is 0 Å². The number of hydrogen-bond acceptors (Lipinski definition) is 4. The van der Waals surface area contributed by atoms with Crippen molar-refractivity contribution in [2.75, 3.05) is 6.61 Å². The zero-order chi connectivity index (χ0) is 7.72. The first-order valence-corrected chi connectivity index (χ1v) is 3.36. The van der Waals surface area contributed by atoms with Crippen molar-refractivity contribution < 1.29 is 20.1 Å². The molecule has 1 aliphatic rings. The Labute approximate surface area is 63.0 Å². The maximum absolute atomic E-state index is 9.01. The van der Waals surface area contributed by atoms with Gasteiger partial charge in [0.2, 0.25) is 0 Å². The molecule has 3 N–H and O–H groups in total. The highest BCUT2D eigenvalue weighted by molar-refractivity contribution is 6.19. The van der Waals surface area contributed by atoms with Gasteiger partial charge in [-0.15, -0.1) is 0 Å². The molecule has 0 spiro atoms. The third-order valence-corrected chi connectivity index (χ3v) is 1.71. The summed E-state index contributed by atoms with van der Waals surface area (Å²) in [5.41, 5.74) is -1.26. The van der Waals surface area contributed by atoms with Crippen LogP contribution in [0.3, 0.4) is 0 Å². The summed E-state index contributed by atoms with van der Waals surface area (Å²) in [7, 11) is 0. The summed E-state index contributed by atoms with van der Waals surface area (Å²) in [5, 5.41) is 26.6. The molecule has 0 aromatic heterocycles. The van der Waals surface area contributed by atoms with Gasteiger partial charge >= 0.3 is 0 Å². The van der Waals surface area contributed by atoms with Gasteiger partial charge in [-0.05, 0) is 0 Å². The normalized spacial score (nSPS) is 43.8. The van der Waals surface area contributed by atoms with Gasteiger partial charge < -0.3 is 20.1 Å². The molecular formula is C5H9ClO4. The maximum atomic E-state index is 9.01. The van der Waals surface area contributed by atoms with Crippen LogP contribution in [0.5, 0.6) is 0 Å². The van der Waals surface area contributed by atoms with Crippen LogP contribution in [0.4, 0.5) is 0 Å².